The first-order valence-corrected chi connectivity index (χ1v) is 7.21. The number of carbonyl (C=O) groups is 1. The van der Waals surface area contributed by atoms with E-state index in [2.05, 4.69) is 20.8 Å². The van der Waals surface area contributed by atoms with E-state index in [1.165, 1.54) is 12.8 Å². The number of hydrogen-bond acceptors (Lipinski definition) is 2. The van der Waals surface area contributed by atoms with Crippen molar-refractivity contribution in [3.63, 3.8) is 0 Å². The maximum absolute atomic E-state index is 12.4. The molecule has 1 saturated carbocycles. The van der Waals surface area contributed by atoms with Crippen LogP contribution in [0.3, 0.4) is 0 Å². The standard InChI is InChI=1S/C17H22O2/c1-16(2)7-4-8-17(3)13-9-11(18)5-6-12(13)14(19)10-15(16)17/h5-6,9,15,18H,4,7-8,10H2,1-3H3/t15?,17-/m1/s1. The number of benzene rings is 1. The summed E-state index contributed by atoms with van der Waals surface area (Å²) < 4.78 is 0. The first-order valence-electron chi connectivity index (χ1n) is 7.21. The Balaban J connectivity index is 2.20. The predicted octanol–water partition coefficient (Wildman–Crippen LogP) is 4.06. The van der Waals surface area contributed by atoms with E-state index >= 15 is 0 Å². The summed E-state index contributed by atoms with van der Waals surface area (Å²) in [6.45, 7) is 6.86. The molecule has 2 nitrogen and oxygen atoms in total. The third kappa shape index (κ3) is 1.73. The Morgan fingerprint density at radius 1 is 1.21 bits per heavy atom. The first kappa shape index (κ1) is 12.7. The smallest absolute Gasteiger partial charge is 0.163 e. The molecule has 0 aliphatic heterocycles. The number of fused-ring (bicyclic) bond motifs is 3. The van der Waals surface area contributed by atoms with Crippen LogP contribution >= 0.6 is 0 Å². The Labute approximate surface area is 114 Å². The SMILES string of the molecule is CC1(C)CCC[C@]2(C)c3cc(O)ccc3C(=O)CC12. The van der Waals surface area contributed by atoms with Crippen LogP contribution in [0.1, 0.15) is 62.4 Å². The van der Waals surface area contributed by atoms with Crippen LogP contribution in [0.25, 0.3) is 0 Å². The average Bonchev–Trinajstić information content (AvgIpc) is 2.32. The summed E-state index contributed by atoms with van der Waals surface area (Å²) in [4.78, 5) is 12.4. The van der Waals surface area contributed by atoms with Crippen molar-refractivity contribution in [1.29, 1.82) is 0 Å². The van der Waals surface area contributed by atoms with Crippen LogP contribution in [0.15, 0.2) is 18.2 Å². The van der Waals surface area contributed by atoms with Gasteiger partial charge in [0.2, 0.25) is 0 Å². The van der Waals surface area contributed by atoms with Gasteiger partial charge in [-0.2, -0.15) is 0 Å². The van der Waals surface area contributed by atoms with Crippen LogP contribution in [-0.4, -0.2) is 10.9 Å². The molecule has 0 bridgehead atoms. The number of Topliss-reactive ketones (excluding diaryl/α,β-unsaturated/α-hetero) is 1. The largest absolute Gasteiger partial charge is 0.508 e. The summed E-state index contributed by atoms with van der Waals surface area (Å²) in [5.41, 5.74) is 2.13. The summed E-state index contributed by atoms with van der Waals surface area (Å²) >= 11 is 0. The van der Waals surface area contributed by atoms with Gasteiger partial charge in [-0.15, -0.1) is 0 Å². The van der Waals surface area contributed by atoms with Gasteiger partial charge in [0.1, 0.15) is 5.75 Å². The molecule has 1 aromatic carbocycles. The van der Waals surface area contributed by atoms with Gasteiger partial charge in [0, 0.05) is 12.0 Å². The molecule has 19 heavy (non-hydrogen) atoms. The molecule has 0 radical (unpaired) electrons. The highest BCUT2D eigenvalue weighted by atomic mass is 16.3. The molecule has 1 fully saturated rings. The lowest BCUT2D eigenvalue weighted by molar-refractivity contribution is 0.0368. The second kappa shape index (κ2) is 3.84. The molecule has 2 aliphatic carbocycles. The lowest BCUT2D eigenvalue weighted by atomic mass is 9.50. The van der Waals surface area contributed by atoms with E-state index in [1.807, 2.05) is 6.07 Å². The van der Waals surface area contributed by atoms with Gasteiger partial charge in [-0.25, -0.2) is 0 Å². The fourth-order valence-electron chi connectivity index (χ4n) is 4.49. The van der Waals surface area contributed by atoms with Crippen molar-refractivity contribution < 1.29 is 9.90 Å². The van der Waals surface area contributed by atoms with Gasteiger partial charge in [-0.1, -0.05) is 27.2 Å². The van der Waals surface area contributed by atoms with Crippen molar-refractivity contribution in [3.8, 4) is 5.75 Å². The van der Waals surface area contributed by atoms with Crippen molar-refractivity contribution >= 4 is 5.78 Å². The van der Waals surface area contributed by atoms with Crippen LogP contribution in [0.5, 0.6) is 5.75 Å². The first-order chi connectivity index (χ1) is 8.84. The van der Waals surface area contributed by atoms with E-state index in [9.17, 15) is 9.90 Å². The minimum absolute atomic E-state index is 0.0315. The Bertz CT molecular complexity index is 544. The van der Waals surface area contributed by atoms with E-state index in [-0.39, 0.29) is 22.4 Å². The van der Waals surface area contributed by atoms with E-state index in [4.69, 9.17) is 0 Å². The van der Waals surface area contributed by atoms with Gasteiger partial charge in [0.05, 0.1) is 0 Å². The zero-order valence-corrected chi connectivity index (χ0v) is 12.0. The number of ketones is 1. The van der Waals surface area contributed by atoms with Crippen molar-refractivity contribution in [1.82, 2.24) is 0 Å². The fourth-order valence-corrected chi connectivity index (χ4v) is 4.49. The Hall–Kier alpha value is -1.31. The molecule has 0 spiro atoms. The van der Waals surface area contributed by atoms with Crippen LogP contribution in [-0.2, 0) is 5.41 Å². The highest BCUT2D eigenvalue weighted by Crippen LogP contribution is 2.57. The maximum atomic E-state index is 12.4. The lowest BCUT2D eigenvalue weighted by Gasteiger charge is -2.53. The third-order valence-corrected chi connectivity index (χ3v) is 5.54. The number of carbonyl (C=O) groups excluding carboxylic acids is 1. The van der Waals surface area contributed by atoms with E-state index in [0.717, 1.165) is 17.5 Å². The molecule has 102 valence electrons. The van der Waals surface area contributed by atoms with Gasteiger partial charge in [-0.3, -0.25) is 4.79 Å². The second-order valence-corrected chi connectivity index (χ2v) is 7.17. The summed E-state index contributed by atoms with van der Waals surface area (Å²) in [7, 11) is 0. The van der Waals surface area contributed by atoms with Crippen molar-refractivity contribution in [3.05, 3.63) is 29.3 Å². The Morgan fingerprint density at radius 3 is 2.68 bits per heavy atom. The van der Waals surface area contributed by atoms with Crippen LogP contribution in [0, 0.1) is 11.3 Å². The van der Waals surface area contributed by atoms with Crippen LogP contribution < -0.4 is 0 Å². The highest BCUT2D eigenvalue weighted by molar-refractivity contribution is 5.99. The lowest BCUT2D eigenvalue weighted by Crippen LogP contribution is -2.49. The molecule has 0 amide bonds. The molecular formula is C17H22O2. The molecule has 2 heteroatoms. The van der Waals surface area contributed by atoms with Crippen molar-refractivity contribution in [2.24, 2.45) is 11.3 Å². The van der Waals surface area contributed by atoms with Crippen molar-refractivity contribution in [2.45, 2.75) is 51.9 Å². The number of aromatic hydroxyl groups is 1. The van der Waals surface area contributed by atoms with Crippen LogP contribution in [0.4, 0.5) is 0 Å². The van der Waals surface area contributed by atoms with Crippen LogP contribution in [0.2, 0.25) is 0 Å². The minimum Gasteiger partial charge on any atom is -0.508 e. The predicted molar refractivity (Wildman–Crippen MR) is 75.5 cm³/mol. The van der Waals surface area contributed by atoms with E-state index in [0.29, 0.717) is 12.3 Å². The monoisotopic (exact) mass is 258 g/mol. The summed E-state index contributed by atoms with van der Waals surface area (Å²) in [6, 6.07) is 5.26. The fraction of sp³-hybridized carbons (Fsp3) is 0.588. The minimum atomic E-state index is 0.0315. The topological polar surface area (TPSA) is 37.3 Å². The maximum Gasteiger partial charge on any atom is 0.163 e. The zero-order chi connectivity index (χ0) is 13.8. The number of hydrogen-bond donors (Lipinski definition) is 1. The quantitative estimate of drug-likeness (QED) is 0.762. The number of rotatable bonds is 0. The molecule has 1 N–H and O–H groups in total. The molecule has 0 heterocycles. The Morgan fingerprint density at radius 2 is 1.95 bits per heavy atom. The van der Waals surface area contributed by atoms with Gasteiger partial charge >= 0.3 is 0 Å². The van der Waals surface area contributed by atoms with Gasteiger partial charge < -0.3 is 5.11 Å². The molecule has 0 saturated heterocycles. The normalized spacial score (nSPS) is 32.6. The van der Waals surface area contributed by atoms with E-state index in [1.54, 1.807) is 12.1 Å². The summed E-state index contributed by atoms with van der Waals surface area (Å²) in [6.07, 6.45) is 4.16. The highest BCUT2D eigenvalue weighted by Gasteiger charge is 2.51. The number of phenols is 1. The summed E-state index contributed by atoms with van der Waals surface area (Å²) in [5.74, 6) is 0.903. The molecule has 3 rings (SSSR count). The molecule has 2 atom stereocenters. The Kier molecular flexibility index (Phi) is 2.57. The zero-order valence-electron chi connectivity index (χ0n) is 12.0. The molecule has 2 aliphatic rings. The van der Waals surface area contributed by atoms with Gasteiger partial charge in [-0.05, 0) is 53.4 Å². The molecule has 0 aromatic heterocycles. The van der Waals surface area contributed by atoms with Crippen molar-refractivity contribution in [2.75, 3.05) is 0 Å². The van der Waals surface area contributed by atoms with Gasteiger partial charge in [0.25, 0.3) is 0 Å². The third-order valence-electron chi connectivity index (χ3n) is 5.54. The number of phenolic OH excluding ortho intramolecular Hbond substituents is 1. The average molecular weight is 258 g/mol. The van der Waals surface area contributed by atoms with Gasteiger partial charge in [0.15, 0.2) is 5.78 Å². The molecular weight excluding hydrogens is 236 g/mol. The molecule has 1 aromatic rings. The second-order valence-electron chi connectivity index (χ2n) is 7.17. The summed E-state index contributed by atoms with van der Waals surface area (Å²) in [5, 5.41) is 9.80. The molecule has 1 unspecified atom stereocenters. The van der Waals surface area contributed by atoms with E-state index < -0.39 is 0 Å².